The van der Waals surface area contributed by atoms with Crippen LogP contribution >= 0.6 is 0 Å². The van der Waals surface area contributed by atoms with Crippen molar-refractivity contribution in [3.63, 3.8) is 0 Å². The molecule has 0 aromatic carbocycles. The number of hydrogen-bond donors (Lipinski definition) is 2. The molecule has 2 amide bonds. The number of alkyl carbamates (subject to hydrolysis) is 1. The molecule has 1 aliphatic heterocycles. The summed E-state index contributed by atoms with van der Waals surface area (Å²) in [5.41, 5.74) is -0.512. The maximum absolute atomic E-state index is 12.3. The van der Waals surface area contributed by atoms with Gasteiger partial charge in [0.05, 0.1) is 11.8 Å². The first-order valence-electron chi connectivity index (χ1n) is 8.72. The summed E-state index contributed by atoms with van der Waals surface area (Å²) in [6, 6.07) is -0.413. The quantitative estimate of drug-likeness (QED) is 0.783. The Labute approximate surface area is 149 Å². The van der Waals surface area contributed by atoms with Crippen LogP contribution in [0.1, 0.15) is 46.5 Å². The van der Waals surface area contributed by atoms with Crippen LogP contribution in [0.15, 0.2) is 11.5 Å². The first-order chi connectivity index (χ1) is 11.5. The highest BCUT2D eigenvalue weighted by atomic mass is 32.2. The minimum Gasteiger partial charge on any atom is -0.444 e. The van der Waals surface area contributed by atoms with E-state index in [0.29, 0.717) is 12.5 Å². The number of sulfone groups is 1. The van der Waals surface area contributed by atoms with Gasteiger partial charge in [-0.05, 0) is 58.4 Å². The molecule has 0 spiro atoms. The van der Waals surface area contributed by atoms with E-state index in [0.717, 1.165) is 31.1 Å². The van der Waals surface area contributed by atoms with Crippen molar-refractivity contribution in [1.29, 1.82) is 0 Å². The lowest BCUT2D eigenvalue weighted by Crippen LogP contribution is -2.41. The standard InChI is InChI=1S/C17H28N2O5S/c1-17(2,3)24-16(21)18-10-12-4-6-13(7-5-12)15(20)19-14-8-9-25(22,23)11-14/h8-9,12-14H,4-7,10-11H2,1-3H3,(H,18,21)(H,19,20). The van der Waals surface area contributed by atoms with E-state index in [1.807, 2.05) is 20.8 Å². The topological polar surface area (TPSA) is 102 Å². The van der Waals surface area contributed by atoms with Crippen molar-refractivity contribution in [2.45, 2.75) is 58.1 Å². The van der Waals surface area contributed by atoms with E-state index in [4.69, 9.17) is 4.74 Å². The number of nitrogens with one attached hydrogen (secondary N) is 2. The van der Waals surface area contributed by atoms with Gasteiger partial charge in [0.25, 0.3) is 0 Å². The molecule has 25 heavy (non-hydrogen) atoms. The smallest absolute Gasteiger partial charge is 0.407 e. The molecule has 2 rings (SSSR count). The van der Waals surface area contributed by atoms with Crippen LogP contribution in [0.3, 0.4) is 0 Å². The van der Waals surface area contributed by atoms with Gasteiger partial charge in [-0.3, -0.25) is 4.79 Å². The number of carbonyl (C=O) groups excluding carboxylic acids is 2. The van der Waals surface area contributed by atoms with Crippen molar-refractivity contribution < 1.29 is 22.7 Å². The summed E-state index contributed by atoms with van der Waals surface area (Å²) in [5, 5.41) is 6.75. The Kier molecular flexibility index (Phi) is 6.13. The Bertz CT molecular complexity index is 628. The Morgan fingerprint density at radius 2 is 1.80 bits per heavy atom. The fourth-order valence-electron chi connectivity index (χ4n) is 3.14. The van der Waals surface area contributed by atoms with E-state index in [9.17, 15) is 18.0 Å². The molecule has 0 bridgehead atoms. The molecule has 0 aromatic rings. The number of ether oxygens (including phenoxy) is 1. The molecule has 1 fully saturated rings. The lowest BCUT2D eigenvalue weighted by molar-refractivity contribution is -0.126. The molecule has 1 atom stereocenters. The van der Waals surface area contributed by atoms with Crippen molar-refractivity contribution in [2.24, 2.45) is 11.8 Å². The zero-order valence-corrected chi connectivity index (χ0v) is 15.9. The van der Waals surface area contributed by atoms with Gasteiger partial charge in [-0.25, -0.2) is 13.2 Å². The predicted octanol–water partition coefficient (Wildman–Crippen LogP) is 1.74. The average molecular weight is 372 g/mol. The Balaban J connectivity index is 1.68. The van der Waals surface area contributed by atoms with Gasteiger partial charge in [0.2, 0.25) is 5.91 Å². The highest BCUT2D eigenvalue weighted by Gasteiger charge is 2.30. The van der Waals surface area contributed by atoms with Crippen molar-refractivity contribution in [1.82, 2.24) is 10.6 Å². The van der Waals surface area contributed by atoms with Gasteiger partial charge in [-0.2, -0.15) is 0 Å². The van der Waals surface area contributed by atoms with E-state index in [2.05, 4.69) is 10.6 Å². The summed E-state index contributed by atoms with van der Waals surface area (Å²) < 4.78 is 28.0. The van der Waals surface area contributed by atoms with Crippen LogP contribution in [-0.2, 0) is 19.4 Å². The van der Waals surface area contributed by atoms with Crippen molar-refractivity contribution in [3.05, 3.63) is 11.5 Å². The minimum absolute atomic E-state index is 0.0477. The van der Waals surface area contributed by atoms with Gasteiger partial charge >= 0.3 is 6.09 Å². The molecule has 1 aliphatic carbocycles. The molecule has 2 N–H and O–H groups in total. The van der Waals surface area contributed by atoms with E-state index in [-0.39, 0.29) is 17.6 Å². The highest BCUT2D eigenvalue weighted by molar-refractivity contribution is 7.94. The van der Waals surface area contributed by atoms with Gasteiger partial charge in [0, 0.05) is 17.9 Å². The maximum atomic E-state index is 12.3. The Hall–Kier alpha value is -1.57. The monoisotopic (exact) mass is 372 g/mol. The SMILES string of the molecule is CC(C)(C)OC(=O)NCC1CCC(C(=O)NC2C=CS(=O)(=O)C2)CC1. The van der Waals surface area contributed by atoms with Crippen LogP contribution in [0.25, 0.3) is 0 Å². The van der Waals surface area contributed by atoms with Gasteiger partial charge in [0.1, 0.15) is 5.60 Å². The van der Waals surface area contributed by atoms with Gasteiger partial charge in [-0.1, -0.05) is 0 Å². The Morgan fingerprint density at radius 3 is 2.32 bits per heavy atom. The lowest BCUT2D eigenvalue weighted by atomic mass is 9.81. The molecule has 7 nitrogen and oxygen atoms in total. The molecule has 8 heteroatoms. The molecular formula is C17H28N2O5S. The average Bonchev–Trinajstić information content (AvgIpc) is 2.83. The van der Waals surface area contributed by atoms with Crippen LogP contribution in [0.4, 0.5) is 4.79 Å². The van der Waals surface area contributed by atoms with E-state index in [1.54, 1.807) is 0 Å². The summed E-state index contributed by atoms with van der Waals surface area (Å²) >= 11 is 0. The molecule has 142 valence electrons. The second kappa shape index (κ2) is 7.76. The molecule has 1 saturated carbocycles. The highest BCUT2D eigenvalue weighted by Crippen LogP contribution is 2.29. The van der Waals surface area contributed by atoms with Crippen molar-refractivity contribution >= 4 is 21.8 Å². The van der Waals surface area contributed by atoms with Gasteiger partial charge in [-0.15, -0.1) is 0 Å². The fourth-order valence-corrected chi connectivity index (χ4v) is 4.37. The minimum atomic E-state index is -3.16. The van der Waals surface area contributed by atoms with Crippen molar-refractivity contribution in [2.75, 3.05) is 12.3 Å². The lowest BCUT2D eigenvalue weighted by Gasteiger charge is -2.29. The summed E-state index contributed by atoms with van der Waals surface area (Å²) in [6.45, 7) is 6.01. The molecule has 1 heterocycles. The summed E-state index contributed by atoms with van der Waals surface area (Å²) in [4.78, 5) is 23.9. The molecule has 0 saturated heterocycles. The van der Waals surface area contributed by atoms with E-state index in [1.165, 1.54) is 6.08 Å². The van der Waals surface area contributed by atoms with Crippen LogP contribution in [0, 0.1) is 11.8 Å². The molecule has 0 radical (unpaired) electrons. The third-order valence-corrected chi connectivity index (χ3v) is 5.80. The van der Waals surface area contributed by atoms with Crippen LogP contribution in [0.2, 0.25) is 0 Å². The fraction of sp³-hybridized carbons (Fsp3) is 0.765. The number of amides is 2. The maximum Gasteiger partial charge on any atom is 0.407 e. The van der Waals surface area contributed by atoms with Crippen molar-refractivity contribution in [3.8, 4) is 0 Å². The number of rotatable bonds is 4. The zero-order valence-electron chi connectivity index (χ0n) is 15.1. The third kappa shape index (κ3) is 6.68. The summed E-state index contributed by atoms with van der Waals surface area (Å²) in [5.74, 6) is 0.122. The van der Waals surface area contributed by atoms with E-state index < -0.39 is 27.6 Å². The first-order valence-corrected chi connectivity index (χ1v) is 10.4. The van der Waals surface area contributed by atoms with Crippen LogP contribution in [-0.4, -0.2) is 44.4 Å². The second-order valence-electron chi connectivity index (χ2n) is 7.87. The molecule has 2 aliphatic rings. The van der Waals surface area contributed by atoms with Gasteiger partial charge < -0.3 is 15.4 Å². The molecular weight excluding hydrogens is 344 g/mol. The zero-order chi connectivity index (χ0) is 18.7. The number of carbonyl (C=O) groups is 2. The number of hydrogen-bond acceptors (Lipinski definition) is 5. The van der Waals surface area contributed by atoms with E-state index >= 15 is 0 Å². The molecule has 0 aromatic heterocycles. The second-order valence-corrected chi connectivity index (χ2v) is 9.80. The molecule has 1 unspecified atom stereocenters. The van der Waals surface area contributed by atoms with Crippen LogP contribution < -0.4 is 10.6 Å². The summed E-state index contributed by atoms with van der Waals surface area (Å²) in [6.07, 6.45) is 4.32. The predicted molar refractivity (Wildman–Crippen MR) is 94.5 cm³/mol. The normalized spacial score (nSPS) is 28.4. The van der Waals surface area contributed by atoms with Gasteiger partial charge in [0.15, 0.2) is 9.84 Å². The Morgan fingerprint density at radius 1 is 1.16 bits per heavy atom. The first kappa shape index (κ1) is 19.8. The van der Waals surface area contributed by atoms with Crippen LogP contribution in [0.5, 0.6) is 0 Å². The summed E-state index contributed by atoms with van der Waals surface area (Å²) in [7, 11) is -3.16. The largest absolute Gasteiger partial charge is 0.444 e. The third-order valence-electron chi connectivity index (χ3n) is 4.41.